The molecule has 1 aliphatic rings. The predicted molar refractivity (Wildman–Crippen MR) is 71.2 cm³/mol. The highest BCUT2D eigenvalue weighted by atomic mass is 32.2. The molecule has 0 atom stereocenters. The summed E-state index contributed by atoms with van der Waals surface area (Å²) >= 11 is 1.15. The van der Waals surface area contributed by atoms with Gasteiger partial charge in [-0.1, -0.05) is 0 Å². The zero-order valence-electron chi connectivity index (χ0n) is 10.5. The monoisotopic (exact) mass is 305 g/mol. The maximum Gasteiger partial charge on any atom is 0.252 e. The minimum absolute atomic E-state index is 0.113. The molecule has 1 fully saturated rings. The van der Waals surface area contributed by atoms with E-state index in [9.17, 15) is 13.2 Å². The molecule has 9 heteroatoms. The van der Waals surface area contributed by atoms with Crippen molar-refractivity contribution in [2.45, 2.75) is 19.3 Å². The van der Waals surface area contributed by atoms with E-state index in [1.54, 1.807) is 5.38 Å². The van der Waals surface area contributed by atoms with Gasteiger partial charge in [-0.15, -0.1) is 11.3 Å². The minimum atomic E-state index is -3.33. The van der Waals surface area contributed by atoms with Crippen LogP contribution in [0, 0.1) is 0 Å². The van der Waals surface area contributed by atoms with Crippen molar-refractivity contribution in [3.8, 4) is 0 Å². The number of amides is 1. The summed E-state index contributed by atoms with van der Waals surface area (Å²) in [6, 6.07) is 0. The molecule has 0 radical (unpaired) electrons. The number of carbonyl (C=O) groups is 1. The van der Waals surface area contributed by atoms with Crippen LogP contribution in [0.2, 0.25) is 0 Å². The number of carbonyl (C=O) groups excluding carboxylic acids is 1. The Labute approximate surface area is 115 Å². The van der Waals surface area contributed by atoms with E-state index in [0.717, 1.165) is 30.4 Å². The average molecular weight is 305 g/mol. The van der Waals surface area contributed by atoms with Crippen LogP contribution in [-0.4, -0.2) is 43.8 Å². The van der Waals surface area contributed by atoms with E-state index in [-0.39, 0.29) is 17.5 Å². The number of hydrogen-bond donors (Lipinski definition) is 1. The van der Waals surface area contributed by atoms with Gasteiger partial charge in [-0.3, -0.25) is 14.4 Å². The van der Waals surface area contributed by atoms with Crippen molar-refractivity contribution in [1.29, 1.82) is 0 Å². The molecule has 19 heavy (non-hydrogen) atoms. The van der Waals surface area contributed by atoms with Gasteiger partial charge in [-0.25, -0.2) is 18.5 Å². The number of nitrogens with one attached hydrogen (secondary N) is 1. The van der Waals surface area contributed by atoms with Gasteiger partial charge in [0.25, 0.3) is 5.91 Å². The lowest BCUT2D eigenvalue weighted by atomic mass is 10.2. The van der Waals surface area contributed by atoms with Crippen LogP contribution in [0.4, 0.5) is 5.13 Å². The Morgan fingerprint density at radius 1 is 1.58 bits per heavy atom. The molecule has 0 aromatic carbocycles. The molecule has 7 nitrogen and oxygen atoms in total. The fourth-order valence-corrected chi connectivity index (χ4v) is 3.19. The summed E-state index contributed by atoms with van der Waals surface area (Å²) in [6.07, 6.45) is 3.06. The number of aromatic nitrogens is 1. The largest absolute Gasteiger partial charge is 0.272 e. The van der Waals surface area contributed by atoms with Crippen molar-refractivity contribution in [2.24, 2.45) is 0 Å². The van der Waals surface area contributed by atoms with Gasteiger partial charge in [0.2, 0.25) is 10.0 Å². The molecular formula is C10H15N3O4S2. The SMILES string of the molecule is CS(=O)(=O)Nc1nc(CC(=O)N2CCCCO2)cs1. The highest BCUT2D eigenvalue weighted by Gasteiger charge is 2.19. The van der Waals surface area contributed by atoms with E-state index in [4.69, 9.17) is 4.84 Å². The smallest absolute Gasteiger partial charge is 0.252 e. The Bertz CT molecular complexity index is 549. The molecule has 1 saturated heterocycles. The summed E-state index contributed by atoms with van der Waals surface area (Å²) in [6.45, 7) is 1.15. The molecule has 2 rings (SSSR count). The number of rotatable bonds is 4. The number of anilines is 1. The summed E-state index contributed by atoms with van der Waals surface area (Å²) < 4.78 is 24.4. The number of hydrogen-bond acceptors (Lipinski definition) is 6. The molecule has 1 N–H and O–H groups in total. The van der Waals surface area contributed by atoms with E-state index in [1.807, 2.05) is 0 Å². The summed E-state index contributed by atoms with van der Waals surface area (Å²) in [5.74, 6) is -0.157. The summed E-state index contributed by atoms with van der Waals surface area (Å²) in [5.41, 5.74) is 0.537. The first-order valence-corrected chi connectivity index (χ1v) is 8.56. The quantitative estimate of drug-likeness (QED) is 0.880. The molecule has 0 saturated carbocycles. The standard InChI is InChI=1S/C10H15N3O4S2/c1-19(15,16)12-10-11-8(7-18-10)6-9(14)13-4-2-3-5-17-13/h7H,2-6H2,1H3,(H,11,12). The number of nitrogens with zero attached hydrogens (tertiary/aromatic N) is 2. The van der Waals surface area contributed by atoms with Crippen LogP contribution >= 0.6 is 11.3 Å². The van der Waals surface area contributed by atoms with Crippen LogP contribution in [0.1, 0.15) is 18.5 Å². The highest BCUT2D eigenvalue weighted by Crippen LogP contribution is 2.18. The summed E-state index contributed by atoms with van der Waals surface area (Å²) in [7, 11) is -3.33. The van der Waals surface area contributed by atoms with Crippen molar-refractivity contribution in [2.75, 3.05) is 24.1 Å². The zero-order chi connectivity index (χ0) is 13.9. The lowest BCUT2D eigenvalue weighted by Crippen LogP contribution is -2.36. The lowest BCUT2D eigenvalue weighted by molar-refractivity contribution is -0.196. The molecule has 1 aromatic rings. The van der Waals surface area contributed by atoms with Crippen molar-refractivity contribution in [3.05, 3.63) is 11.1 Å². The predicted octanol–water partition coefficient (Wildman–Crippen LogP) is 0.611. The van der Waals surface area contributed by atoms with Crippen molar-refractivity contribution in [3.63, 3.8) is 0 Å². The third-order valence-electron chi connectivity index (χ3n) is 2.44. The fraction of sp³-hybridized carbons (Fsp3) is 0.600. The van der Waals surface area contributed by atoms with Crippen molar-refractivity contribution in [1.82, 2.24) is 10.0 Å². The molecule has 2 heterocycles. The maximum atomic E-state index is 11.9. The van der Waals surface area contributed by atoms with Crippen LogP contribution in [-0.2, 0) is 26.1 Å². The Balaban J connectivity index is 1.94. The molecule has 1 aromatic heterocycles. The number of hydroxylamine groups is 2. The van der Waals surface area contributed by atoms with Gasteiger partial charge in [0.15, 0.2) is 5.13 Å². The molecule has 0 aliphatic carbocycles. The molecular weight excluding hydrogens is 290 g/mol. The van der Waals surface area contributed by atoms with Gasteiger partial charge in [0.1, 0.15) is 0 Å². The van der Waals surface area contributed by atoms with E-state index in [2.05, 4.69) is 9.71 Å². The van der Waals surface area contributed by atoms with Gasteiger partial charge < -0.3 is 0 Å². The topological polar surface area (TPSA) is 88.6 Å². The Kier molecular flexibility index (Phi) is 4.38. The van der Waals surface area contributed by atoms with Gasteiger partial charge >= 0.3 is 0 Å². The first kappa shape index (κ1) is 14.2. The first-order valence-electron chi connectivity index (χ1n) is 5.79. The molecule has 0 unspecified atom stereocenters. The normalized spacial score (nSPS) is 16.4. The number of sulfonamides is 1. The van der Waals surface area contributed by atoms with Crippen LogP contribution in [0.25, 0.3) is 0 Å². The highest BCUT2D eigenvalue weighted by molar-refractivity contribution is 7.92. The molecule has 106 valence electrons. The van der Waals surface area contributed by atoms with E-state index in [1.165, 1.54) is 5.06 Å². The van der Waals surface area contributed by atoms with E-state index < -0.39 is 10.0 Å². The van der Waals surface area contributed by atoms with Gasteiger partial charge in [0.05, 0.1) is 25.0 Å². The van der Waals surface area contributed by atoms with Crippen molar-refractivity contribution < 1.29 is 18.0 Å². The second-order valence-electron chi connectivity index (χ2n) is 4.23. The van der Waals surface area contributed by atoms with Crippen LogP contribution in [0.15, 0.2) is 5.38 Å². The summed E-state index contributed by atoms with van der Waals surface area (Å²) in [5, 5.41) is 3.28. The first-order chi connectivity index (χ1) is 8.94. The molecule has 1 aliphatic heterocycles. The molecule has 1 amide bonds. The van der Waals surface area contributed by atoms with E-state index >= 15 is 0 Å². The average Bonchev–Trinajstić information content (AvgIpc) is 2.75. The third-order valence-corrected chi connectivity index (χ3v) is 3.94. The van der Waals surface area contributed by atoms with Gasteiger partial charge in [-0.05, 0) is 12.8 Å². The second kappa shape index (κ2) is 5.85. The molecule has 0 bridgehead atoms. The number of thiazole rings is 1. The molecule has 0 spiro atoms. The van der Waals surface area contributed by atoms with Gasteiger partial charge in [-0.2, -0.15) is 0 Å². The summed E-state index contributed by atoms with van der Waals surface area (Å²) in [4.78, 5) is 21.2. The van der Waals surface area contributed by atoms with Crippen molar-refractivity contribution >= 4 is 32.4 Å². The minimum Gasteiger partial charge on any atom is -0.272 e. The maximum absolute atomic E-state index is 11.9. The van der Waals surface area contributed by atoms with Gasteiger partial charge in [0, 0.05) is 11.9 Å². The zero-order valence-corrected chi connectivity index (χ0v) is 12.1. The second-order valence-corrected chi connectivity index (χ2v) is 6.84. The Morgan fingerprint density at radius 3 is 3.00 bits per heavy atom. The van der Waals surface area contributed by atoms with Crippen LogP contribution in [0.3, 0.4) is 0 Å². The third kappa shape index (κ3) is 4.44. The Morgan fingerprint density at radius 2 is 2.37 bits per heavy atom. The Hall–Kier alpha value is -1.19. The van der Waals surface area contributed by atoms with Crippen LogP contribution in [0.5, 0.6) is 0 Å². The van der Waals surface area contributed by atoms with E-state index in [0.29, 0.717) is 18.8 Å². The fourth-order valence-electron chi connectivity index (χ4n) is 1.63. The van der Waals surface area contributed by atoms with Crippen LogP contribution < -0.4 is 4.72 Å². The lowest BCUT2D eigenvalue weighted by Gasteiger charge is -2.25.